The van der Waals surface area contributed by atoms with Crippen LogP contribution in [-0.2, 0) is 38.1 Å². The third-order valence-corrected chi connectivity index (χ3v) is 9.60. The van der Waals surface area contributed by atoms with E-state index in [2.05, 4.69) is 4.74 Å². The van der Waals surface area contributed by atoms with Crippen molar-refractivity contribution in [1.82, 2.24) is 0 Å². The topological polar surface area (TPSA) is 105 Å². The fourth-order valence-electron chi connectivity index (χ4n) is 5.96. The zero-order chi connectivity index (χ0) is 39.9. The lowest BCUT2D eigenvalue weighted by atomic mass is 9.78. The number of ether oxygens (including phenoxy) is 4. The van der Waals surface area contributed by atoms with Crippen LogP contribution in [-0.4, -0.2) is 72.7 Å². The second kappa shape index (κ2) is 19.5. The van der Waals surface area contributed by atoms with Crippen LogP contribution in [0.3, 0.4) is 0 Å². The second-order valence-corrected chi connectivity index (χ2v) is 14.8. The van der Waals surface area contributed by atoms with Crippen molar-refractivity contribution >= 4 is 23.9 Å². The molecule has 0 aromatic rings. The molecule has 0 amide bonds. The summed E-state index contributed by atoms with van der Waals surface area (Å²) >= 11 is 0. The molecule has 1 aliphatic heterocycles. The fourth-order valence-corrected chi connectivity index (χ4v) is 5.96. The van der Waals surface area contributed by atoms with Crippen LogP contribution < -0.4 is 0 Å². The average Bonchev–Trinajstić information content (AvgIpc) is 3.57. The van der Waals surface area contributed by atoms with Gasteiger partial charge in [-0.1, -0.05) is 57.4 Å². The molecular formula is C36H59F11O8. The lowest BCUT2D eigenvalue weighted by Crippen LogP contribution is -2.50. The van der Waals surface area contributed by atoms with E-state index >= 15 is 0 Å². The Bertz CT molecular complexity index is 1260. The maximum atomic E-state index is 13.8. The lowest BCUT2D eigenvalue weighted by Gasteiger charge is -2.33. The van der Waals surface area contributed by atoms with Crippen molar-refractivity contribution in [3.05, 3.63) is 0 Å². The number of alkyl halides is 11. The fraction of sp³-hybridized carbons (Fsp3) is 0.889. The first-order valence-electron chi connectivity index (χ1n) is 16.2. The number of fused-ring (bicyclic) bond motifs is 1. The van der Waals surface area contributed by atoms with Gasteiger partial charge in [0.1, 0.15) is 18.6 Å². The first-order chi connectivity index (χ1) is 22.8. The summed E-state index contributed by atoms with van der Waals surface area (Å²) in [6.07, 6.45) is -27.0. The summed E-state index contributed by atoms with van der Waals surface area (Å²) in [5, 5.41) is 0. The van der Waals surface area contributed by atoms with Gasteiger partial charge in [-0.3, -0.25) is 19.2 Å². The molecular weight excluding hydrogens is 769 g/mol. The summed E-state index contributed by atoms with van der Waals surface area (Å²) in [4.78, 5) is 48.8. The number of hydrogen-bond donors (Lipinski definition) is 0. The van der Waals surface area contributed by atoms with E-state index in [-0.39, 0.29) is 48.5 Å². The molecule has 8 nitrogen and oxygen atoms in total. The van der Waals surface area contributed by atoms with Gasteiger partial charge < -0.3 is 18.9 Å². The van der Waals surface area contributed by atoms with Crippen LogP contribution in [0.2, 0.25) is 0 Å². The number of carbonyl (C=O) groups excluding carboxylic acids is 4. The first-order valence-corrected chi connectivity index (χ1v) is 16.2. The van der Waals surface area contributed by atoms with Gasteiger partial charge in [0, 0.05) is 11.8 Å². The van der Waals surface area contributed by atoms with Crippen LogP contribution >= 0.6 is 0 Å². The van der Waals surface area contributed by atoms with Gasteiger partial charge in [-0.25, -0.2) is 8.78 Å². The van der Waals surface area contributed by atoms with E-state index in [0.717, 1.165) is 0 Å². The smallest absolute Gasteiger partial charge is 0.434 e. The van der Waals surface area contributed by atoms with Gasteiger partial charge >= 0.3 is 42.4 Å². The maximum absolute atomic E-state index is 13.8. The van der Waals surface area contributed by atoms with E-state index in [0.29, 0.717) is 12.8 Å². The monoisotopic (exact) mass is 828 g/mol. The summed E-state index contributed by atoms with van der Waals surface area (Å²) in [5.41, 5.74) is -1.93. The highest BCUT2D eigenvalue weighted by molar-refractivity contribution is 5.86. The summed E-state index contributed by atoms with van der Waals surface area (Å²) in [7, 11) is 0. The summed E-state index contributed by atoms with van der Waals surface area (Å²) in [6.45, 7) is 12.7. The molecule has 2 aliphatic carbocycles. The van der Waals surface area contributed by atoms with Crippen molar-refractivity contribution in [2.24, 2.45) is 40.4 Å². The van der Waals surface area contributed by atoms with Crippen molar-refractivity contribution in [2.75, 3.05) is 0 Å². The molecule has 1 saturated heterocycles. The Hall–Kier alpha value is -2.89. The summed E-state index contributed by atoms with van der Waals surface area (Å²) in [6, 6.07) is 0. The molecule has 3 rings (SSSR count). The van der Waals surface area contributed by atoms with Gasteiger partial charge in [-0.2, -0.15) is 39.5 Å². The molecule has 7 atom stereocenters. The van der Waals surface area contributed by atoms with Gasteiger partial charge in [0.05, 0.1) is 22.7 Å². The highest BCUT2D eigenvalue weighted by atomic mass is 19.4. The van der Waals surface area contributed by atoms with E-state index in [4.69, 9.17) is 14.2 Å². The SMILES string of the molecule is C.C.C.C.CCC(C)(C)C(=O)OC(CC(C)C)C(F)(F)CC(F)(F)F.CCC(C)(C)C(=O)OC1C2CC3C1OC(=O)C3C2C(=O)OC(C(F)(F)F)C(F)(F)F. The number of hydrogen-bond acceptors (Lipinski definition) is 8. The van der Waals surface area contributed by atoms with Crippen molar-refractivity contribution in [2.45, 2.75) is 166 Å². The highest BCUT2D eigenvalue weighted by Gasteiger charge is 2.71. The predicted molar refractivity (Wildman–Crippen MR) is 180 cm³/mol. The van der Waals surface area contributed by atoms with Gasteiger partial charge in [0.25, 0.3) is 12.0 Å². The zero-order valence-corrected chi connectivity index (χ0v) is 29.2. The number of rotatable bonds is 12. The number of esters is 4. The van der Waals surface area contributed by atoms with Crippen LogP contribution in [0.1, 0.15) is 117 Å². The van der Waals surface area contributed by atoms with E-state index < -0.39 is 114 Å². The van der Waals surface area contributed by atoms with Crippen LogP contribution in [0.25, 0.3) is 0 Å². The van der Waals surface area contributed by atoms with Crippen molar-refractivity contribution in [1.29, 1.82) is 0 Å². The van der Waals surface area contributed by atoms with E-state index in [1.54, 1.807) is 41.5 Å². The molecule has 0 aromatic heterocycles. The Labute approximate surface area is 316 Å². The number of carbonyl (C=O) groups is 4. The number of halogens is 11. The average molecular weight is 829 g/mol. The van der Waals surface area contributed by atoms with Gasteiger partial charge in [-0.15, -0.1) is 0 Å². The molecule has 55 heavy (non-hydrogen) atoms. The first kappa shape index (κ1) is 56.4. The molecule has 3 fully saturated rings. The predicted octanol–water partition coefficient (Wildman–Crippen LogP) is 10.7. The lowest BCUT2D eigenvalue weighted by molar-refractivity contribution is -0.315. The van der Waals surface area contributed by atoms with E-state index in [1.807, 2.05) is 0 Å². The maximum Gasteiger partial charge on any atom is 0.434 e. The van der Waals surface area contributed by atoms with Crippen LogP contribution in [0.4, 0.5) is 48.3 Å². The summed E-state index contributed by atoms with van der Waals surface area (Å²) in [5.74, 6) is -13.2. The quantitative estimate of drug-likeness (QED) is 0.109. The Morgan fingerprint density at radius 3 is 1.60 bits per heavy atom. The Kier molecular flexibility index (Phi) is 20.0. The molecule has 2 saturated carbocycles. The molecule has 7 unspecified atom stereocenters. The summed E-state index contributed by atoms with van der Waals surface area (Å²) < 4.78 is 160. The molecule has 3 aliphatic rings. The molecule has 0 radical (unpaired) electrons. The van der Waals surface area contributed by atoms with Gasteiger partial charge in [-0.05, 0) is 59.3 Å². The molecule has 328 valence electrons. The van der Waals surface area contributed by atoms with E-state index in [1.165, 1.54) is 13.8 Å². The van der Waals surface area contributed by atoms with Gasteiger partial charge in [0.15, 0.2) is 6.10 Å². The molecule has 19 heteroatoms. The van der Waals surface area contributed by atoms with Gasteiger partial charge in [0.2, 0.25) is 0 Å². The largest absolute Gasteiger partial charge is 0.458 e. The Morgan fingerprint density at radius 1 is 0.745 bits per heavy atom. The van der Waals surface area contributed by atoms with Crippen LogP contribution in [0.5, 0.6) is 0 Å². The minimum atomic E-state index is -5.87. The zero-order valence-electron chi connectivity index (χ0n) is 29.2. The van der Waals surface area contributed by atoms with Crippen molar-refractivity contribution < 1.29 is 86.4 Å². The second-order valence-electron chi connectivity index (χ2n) is 14.8. The third-order valence-electron chi connectivity index (χ3n) is 9.60. The highest BCUT2D eigenvalue weighted by Crippen LogP contribution is 2.59. The normalized spacial score (nSPS) is 23.8. The molecule has 0 N–H and O–H groups in total. The van der Waals surface area contributed by atoms with Crippen LogP contribution in [0, 0.1) is 40.4 Å². The molecule has 0 aromatic carbocycles. The minimum Gasteiger partial charge on any atom is -0.458 e. The minimum absolute atomic E-state index is 0. The Morgan fingerprint density at radius 2 is 1.20 bits per heavy atom. The van der Waals surface area contributed by atoms with E-state index in [9.17, 15) is 67.5 Å². The molecule has 0 spiro atoms. The van der Waals surface area contributed by atoms with Crippen LogP contribution in [0.15, 0.2) is 0 Å². The standard InChI is InChI=1S/C18H20F6O6.C14H23F5O2.4CH4/c1-4-16(2,3)15(27)29-11-7-5-6-8(12(25)28-10(6)11)9(7)13(26)30-14(17(19,20)21)18(22,23)24;1-6-12(4,5)11(20)21-10(7-9(2)3)13(15,16)8-14(17,18)19;;;;/h6-11,14H,4-5H2,1-3H3;9-10H,6-8H2,1-5H3;4*1H4. The third kappa shape index (κ3) is 13.6. The Balaban J connectivity index is -0.000000971. The molecule has 1 heterocycles. The van der Waals surface area contributed by atoms with Crippen molar-refractivity contribution in [3.63, 3.8) is 0 Å². The van der Waals surface area contributed by atoms with Crippen molar-refractivity contribution in [3.8, 4) is 0 Å². The molecule has 2 bridgehead atoms.